The van der Waals surface area contributed by atoms with Crippen molar-refractivity contribution in [2.24, 2.45) is 0 Å². The van der Waals surface area contributed by atoms with Crippen molar-refractivity contribution in [2.75, 3.05) is 17.2 Å². The second-order valence-electron chi connectivity index (χ2n) is 4.83. The summed E-state index contributed by atoms with van der Waals surface area (Å²) < 4.78 is 1.73. The van der Waals surface area contributed by atoms with Crippen LogP contribution < -0.4 is 10.6 Å². The topological polar surface area (TPSA) is 67.7 Å². The number of rotatable bonds is 6. The molecule has 3 aromatic rings. The van der Waals surface area contributed by atoms with Crippen molar-refractivity contribution in [2.45, 2.75) is 13.3 Å². The Morgan fingerprint density at radius 3 is 2.77 bits per heavy atom. The first-order chi connectivity index (χ1) is 10.8. The van der Waals surface area contributed by atoms with Crippen LogP contribution in [0, 0.1) is 0 Å². The minimum absolute atomic E-state index is 0.561. The van der Waals surface area contributed by atoms with Gasteiger partial charge in [0.15, 0.2) is 0 Å². The van der Waals surface area contributed by atoms with E-state index in [-0.39, 0.29) is 0 Å². The zero-order valence-corrected chi connectivity index (χ0v) is 12.4. The Morgan fingerprint density at radius 1 is 1.09 bits per heavy atom. The fraction of sp³-hybridized carbons (Fsp3) is 0.188. The fourth-order valence-corrected chi connectivity index (χ4v) is 2.01. The third-order valence-corrected chi connectivity index (χ3v) is 3.09. The summed E-state index contributed by atoms with van der Waals surface area (Å²) in [4.78, 5) is 8.57. The summed E-state index contributed by atoms with van der Waals surface area (Å²) in [6, 6.07) is 13.7. The van der Waals surface area contributed by atoms with E-state index in [1.54, 1.807) is 17.2 Å². The molecule has 0 fully saturated rings. The van der Waals surface area contributed by atoms with Gasteiger partial charge >= 0.3 is 0 Å². The van der Waals surface area contributed by atoms with Crippen LogP contribution in [0.15, 0.2) is 55.0 Å². The van der Waals surface area contributed by atoms with Gasteiger partial charge in [0.25, 0.3) is 0 Å². The monoisotopic (exact) mass is 294 g/mol. The molecule has 6 nitrogen and oxygen atoms in total. The largest absolute Gasteiger partial charge is 0.370 e. The van der Waals surface area contributed by atoms with Gasteiger partial charge in [0.2, 0.25) is 5.95 Å². The number of para-hydroxylation sites is 1. The predicted octanol–water partition coefficient (Wildman–Crippen LogP) is 3.23. The van der Waals surface area contributed by atoms with E-state index in [0.29, 0.717) is 5.95 Å². The zero-order chi connectivity index (χ0) is 15.2. The summed E-state index contributed by atoms with van der Waals surface area (Å²) in [5.74, 6) is 1.40. The Morgan fingerprint density at radius 2 is 1.95 bits per heavy atom. The van der Waals surface area contributed by atoms with Gasteiger partial charge in [0.1, 0.15) is 12.1 Å². The molecule has 6 heteroatoms. The standard InChI is InChI=1S/C16H18N6/c1-2-9-17-15-11-14(8-10-18-15)22-12-19-16(21-22)20-13-6-4-3-5-7-13/h3-8,10-12H,2,9H2,1H3,(H,17,18)(H,20,21). The van der Waals surface area contributed by atoms with Crippen LogP contribution in [-0.4, -0.2) is 26.3 Å². The average molecular weight is 294 g/mol. The smallest absolute Gasteiger partial charge is 0.246 e. The highest BCUT2D eigenvalue weighted by Gasteiger charge is 2.04. The van der Waals surface area contributed by atoms with Crippen molar-refractivity contribution >= 4 is 17.5 Å². The Balaban J connectivity index is 1.76. The van der Waals surface area contributed by atoms with E-state index in [0.717, 1.165) is 30.2 Å². The van der Waals surface area contributed by atoms with Gasteiger partial charge in [-0.1, -0.05) is 25.1 Å². The van der Waals surface area contributed by atoms with Crippen molar-refractivity contribution < 1.29 is 0 Å². The third-order valence-electron chi connectivity index (χ3n) is 3.09. The summed E-state index contributed by atoms with van der Waals surface area (Å²) in [5, 5.41) is 10.9. The molecule has 0 saturated carbocycles. The number of pyridine rings is 1. The van der Waals surface area contributed by atoms with Crippen molar-refractivity contribution in [3.63, 3.8) is 0 Å². The van der Waals surface area contributed by atoms with Crippen LogP contribution in [0.2, 0.25) is 0 Å². The normalized spacial score (nSPS) is 10.4. The number of hydrogen-bond donors (Lipinski definition) is 2. The Bertz CT molecular complexity index is 722. The molecule has 0 unspecified atom stereocenters. The molecule has 0 aliphatic rings. The van der Waals surface area contributed by atoms with E-state index >= 15 is 0 Å². The molecule has 0 radical (unpaired) electrons. The lowest BCUT2D eigenvalue weighted by molar-refractivity contribution is 0.877. The second-order valence-corrected chi connectivity index (χ2v) is 4.83. The van der Waals surface area contributed by atoms with Crippen molar-refractivity contribution in [3.8, 4) is 5.69 Å². The summed E-state index contributed by atoms with van der Waals surface area (Å²) in [7, 11) is 0. The van der Waals surface area contributed by atoms with Gasteiger partial charge in [-0.2, -0.15) is 4.98 Å². The molecule has 3 rings (SSSR count). The fourth-order valence-electron chi connectivity index (χ4n) is 2.01. The van der Waals surface area contributed by atoms with E-state index in [1.807, 2.05) is 42.5 Å². The molecular formula is C16H18N6. The number of anilines is 3. The summed E-state index contributed by atoms with van der Waals surface area (Å²) in [6.07, 6.45) is 4.50. The van der Waals surface area contributed by atoms with Crippen molar-refractivity contribution in [1.82, 2.24) is 19.7 Å². The van der Waals surface area contributed by atoms with Gasteiger partial charge in [-0.15, -0.1) is 5.10 Å². The molecule has 0 bridgehead atoms. The summed E-state index contributed by atoms with van der Waals surface area (Å²) in [6.45, 7) is 3.02. The maximum Gasteiger partial charge on any atom is 0.246 e. The van der Waals surface area contributed by atoms with Crippen molar-refractivity contribution in [3.05, 3.63) is 55.0 Å². The minimum atomic E-state index is 0.561. The van der Waals surface area contributed by atoms with Crippen LogP contribution >= 0.6 is 0 Å². The van der Waals surface area contributed by atoms with Crippen LogP contribution in [0.4, 0.5) is 17.5 Å². The highest BCUT2D eigenvalue weighted by molar-refractivity contribution is 5.52. The maximum absolute atomic E-state index is 4.44. The second kappa shape index (κ2) is 6.71. The van der Waals surface area contributed by atoms with Gasteiger partial charge in [-0.05, 0) is 24.6 Å². The Labute approximate surface area is 129 Å². The molecule has 0 saturated heterocycles. The van der Waals surface area contributed by atoms with Crippen LogP contribution in [0.3, 0.4) is 0 Å². The van der Waals surface area contributed by atoms with E-state index in [4.69, 9.17) is 0 Å². The number of hydrogen-bond acceptors (Lipinski definition) is 5. The van der Waals surface area contributed by atoms with Crippen molar-refractivity contribution in [1.29, 1.82) is 0 Å². The first-order valence-corrected chi connectivity index (χ1v) is 7.29. The number of nitrogens with one attached hydrogen (secondary N) is 2. The number of nitrogens with zero attached hydrogens (tertiary/aromatic N) is 4. The average Bonchev–Trinajstić information content (AvgIpc) is 3.03. The molecule has 2 heterocycles. The predicted molar refractivity (Wildman–Crippen MR) is 87.7 cm³/mol. The van der Waals surface area contributed by atoms with Crippen LogP contribution in [0.1, 0.15) is 13.3 Å². The molecule has 0 aliphatic carbocycles. The lowest BCUT2D eigenvalue weighted by Gasteiger charge is -2.06. The van der Waals surface area contributed by atoms with Gasteiger partial charge in [0, 0.05) is 24.5 Å². The summed E-state index contributed by atoms with van der Waals surface area (Å²) in [5.41, 5.74) is 1.88. The first-order valence-electron chi connectivity index (χ1n) is 7.29. The number of benzene rings is 1. The van der Waals surface area contributed by atoms with Gasteiger partial charge < -0.3 is 10.6 Å². The molecule has 0 atom stereocenters. The molecule has 0 amide bonds. The molecule has 2 N–H and O–H groups in total. The third kappa shape index (κ3) is 3.41. The van der Waals surface area contributed by atoms with E-state index in [2.05, 4.69) is 32.6 Å². The van der Waals surface area contributed by atoms with Gasteiger partial charge in [0.05, 0.1) is 5.69 Å². The molecule has 112 valence electrons. The maximum atomic E-state index is 4.44. The first kappa shape index (κ1) is 14.1. The van der Waals surface area contributed by atoms with Gasteiger partial charge in [-0.25, -0.2) is 9.67 Å². The van der Waals surface area contributed by atoms with Crippen LogP contribution in [0.25, 0.3) is 5.69 Å². The van der Waals surface area contributed by atoms with E-state index in [9.17, 15) is 0 Å². The van der Waals surface area contributed by atoms with E-state index < -0.39 is 0 Å². The highest BCUT2D eigenvalue weighted by atomic mass is 15.4. The zero-order valence-electron chi connectivity index (χ0n) is 12.4. The molecule has 0 aliphatic heterocycles. The Hall–Kier alpha value is -2.89. The van der Waals surface area contributed by atoms with Crippen LogP contribution in [-0.2, 0) is 0 Å². The number of aromatic nitrogens is 4. The molecule has 1 aromatic carbocycles. The molecule has 22 heavy (non-hydrogen) atoms. The SMILES string of the molecule is CCCNc1cc(-n2cnc(Nc3ccccc3)n2)ccn1. The Kier molecular flexibility index (Phi) is 4.29. The molecule has 2 aromatic heterocycles. The highest BCUT2D eigenvalue weighted by Crippen LogP contribution is 2.14. The van der Waals surface area contributed by atoms with E-state index in [1.165, 1.54) is 0 Å². The quantitative estimate of drug-likeness (QED) is 0.730. The summed E-state index contributed by atoms with van der Waals surface area (Å²) >= 11 is 0. The van der Waals surface area contributed by atoms with Crippen LogP contribution in [0.5, 0.6) is 0 Å². The molecular weight excluding hydrogens is 276 g/mol. The lowest BCUT2D eigenvalue weighted by Crippen LogP contribution is -2.03. The minimum Gasteiger partial charge on any atom is -0.370 e. The van der Waals surface area contributed by atoms with Gasteiger partial charge in [-0.3, -0.25) is 0 Å². The molecule has 0 spiro atoms. The lowest BCUT2D eigenvalue weighted by atomic mass is 10.3.